The molecule has 4 unspecified atom stereocenters. The van der Waals surface area contributed by atoms with Crippen LogP contribution in [0.2, 0.25) is 0 Å². The Labute approximate surface area is 195 Å². The summed E-state index contributed by atoms with van der Waals surface area (Å²) in [5, 5.41) is 0. The molecule has 6 heteroatoms. The Kier molecular flexibility index (Phi) is 4.12. The van der Waals surface area contributed by atoms with Crippen molar-refractivity contribution in [3.05, 3.63) is 23.2 Å². The highest BCUT2D eigenvalue weighted by Gasteiger charge is 2.41. The highest BCUT2D eigenvalue weighted by molar-refractivity contribution is 5.76. The summed E-state index contributed by atoms with van der Waals surface area (Å²) in [7, 11) is 2.62. The monoisotopic (exact) mass is 428 g/mol. The number of nitrogens with zero attached hydrogens (tertiary/aromatic N) is 1. The summed E-state index contributed by atoms with van der Waals surface area (Å²) in [4.78, 5) is 14.6. The number of methoxy groups -OCH3 is 2. The van der Waals surface area contributed by atoms with Gasteiger partial charge in [-0.15, -0.1) is 0 Å². The Morgan fingerprint density at radius 2 is 2.10 bits per heavy atom. The standard InChI is InChI=1S/C24H38N2O4/c1-14(2)9-17-13-26-8-7-16-10-21(28-5)22(29-6)11-18(16)19(26)12-20(17)30-24(27)23(25)15(3)4/h10-11,14-15,17,19-20,23H,7-9,12-13,25H2,1-6H3/t17?,19?,20?,23-/m0/s1/i1D3,9D2,10D,11D,14D,19D,20D/t14?,17?,19?,20?,23-. The second-order valence-corrected chi connectivity index (χ2v) is 7.97. The molecular weight excluding hydrogens is 380 g/mol. The van der Waals surface area contributed by atoms with Gasteiger partial charge in [-0.25, -0.2) is 0 Å². The van der Waals surface area contributed by atoms with Crippen LogP contribution < -0.4 is 15.2 Å². The lowest BCUT2D eigenvalue weighted by Crippen LogP contribution is -2.51. The Hall–Kier alpha value is -1.79. The SMILES string of the molecule is [2H]c1c2c(c([2H])c(OC)c1OC)C1([2H])CC([2H])(OC(=O)[C@@H](N)C(C)C)C(C([2H])([2H])C([2H])(C)C([2H])([2H])[2H])CN1CC2. The number of fused-ring (bicyclic) bond motifs is 3. The molecule has 30 heavy (non-hydrogen) atoms. The Morgan fingerprint density at radius 3 is 2.73 bits per heavy atom. The van der Waals surface area contributed by atoms with E-state index in [0.717, 1.165) is 6.92 Å². The molecule has 2 heterocycles. The molecule has 0 amide bonds. The first-order valence-corrected chi connectivity index (χ1v) is 10.1. The smallest absolute Gasteiger partial charge is 0.323 e. The van der Waals surface area contributed by atoms with Crippen molar-refractivity contribution >= 4 is 5.97 Å². The number of benzene rings is 1. The van der Waals surface area contributed by atoms with Crippen LogP contribution in [0.3, 0.4) is 0 Å². The van der Waals surface area contributed by atoms with Crippen molar-refractivity contribution in [2.75, 3.05) is 27.3 Å². The average Bonchev–Trinajstić information content (AvgIpc) is 2.82. The largest absolute Gasteiger partial charge is 0.493 e. The van der Waals surface area contributed by atoms with Crippen LogP contribution in [0, 0.1) is 17.7 Å². The van der Waals surface area contributed by atoms with E-state index in [2.05, 4.69) is 0 Å². The minimum absolute atomic E-state index is 0.0161. The lowest BCUT2D eigenvalue weighted by Gasteiger charge is -2.47. The minimum atomic E-state index is -3.10. The van der Waals surface area contributed by atoms with Crippen LogP contribution in [0.4, 0.5) is 0 Å². The van der Waals surface area contributed by atoms with Crippen LogP contribution in [0.15, 0.2) is 12.1 Å². The number of carbonyl (C=O) groups is 1. The van der Waals surface area contributed by atoms with Crippen LogP contribution in [-0.2, 0) is 16.0 Å². The second kappa shape index (κ2) is 9.56. The maximum absolute atomic E-state index is 13.1. The summed E-state index contributed by atoms with van der Waals surface area (Å²) in [5.41, 5.74) is 6.33. The molecule has 1 saturated heterocycles. The maximum atomic E-state index is 13.1. The van der Waals surface area contributed by atoms with Crippen LogP contribution in [0.5, 0.6) is 11.5 Å². The molecule has 5 atom stereocenters. The van der Waals surface area contributed by atoms with E-state index in [0.29, 0.717) is 5.56 Å². The van der Waals surface area contributed by atoms with Crippen molar-refractivity contribution in [1.82, 2.24) is 4.90 Å². The first-order valence-electron chi connectivity index (χ1n) is 15.1. The quantitative estimate of drug-likeness (QED) is 0.670. The highest BCUT2D eigenvalue weighted by Crippen LogP contribution is 2.44. The predicted molar refractivity (Wildman–Crippen MR) is 118 cm³/mol. The van der Waals surface area contributed by atoms with Gasteiger partial charge in [-0.2, -0.15) is 0 Å². The van der Waals surface area contributed by atoms with Gasteiger partial charge in [-0.05, 0) is 47.8 Å². The van der Waals surface area contributed by atoms with Crippen LogP contribution in [0.25, 0.3) is 0 Å². The second-order valence-electron chi connectivity index (χ2n) is 7.97. The summed E-state index contributed by atoms with van der Waals surface area (Å²) in [5.74, 6) is -5.91. The predicted octanol–water partition coefficient (Wildman–Crippen LogP) is 3.56. The number of ether oxygens (including phenoxy) is 3. The van der Waals surface area contributed by atoms with E-state index in [1.807, 2.05) is 0 Å². The van der Waals surface area contributed by atoms with E-state index in [1.54, 1.807) is 13.8 Å². The van der Waals surface area contributed by atoms with Crippen molar-refractivity contribution in [2.24, 2.45) is 23.5 Å². The number of piperidine rings is 1. The molecule has 0 aliphatic carbocycles. The van der Waals surface area contributed by atoms with Gasteiger partial charge in [0.15, 0.2) is 11.5 Å². The van der Waals surface area contributed by atoms with E-state index in [-0.39, 0.29) is 42.1 Å². The zero-order chi connectivity index (χ0) is 30.8. The molecule has 1 fully saturated rings. The molecular formula is C24H38N2O4. The molecule has 3 rings (SSSR count). The fourth-order valence-electron chi connectivity index (χ4n) is 3.74. The molecule has 2 N–H and O–H groups in total. The van der Waals surface area contributed by atoms with Crippen LogP contribution in [0.1, 0.15) is 71.3 Å². The highest BCUT2D eigenvalue weighted by atomic mass is 16.5. The Bertz CT molecular complexity index is 1160. The van der Waals surface area contributed by atoms with Crippen LogP contribution >= 0.6 is 0 Å². The van der Waals surface area contributed by atoms with Crippen molar-refractivity contribution < 1.29 is 32.7 Å². The van der Waals surface area contributed by atoms with Crippen molar-refractivity contribution in [1.29, 1.82) is 0 Å². The van der Waals surface area contributed by atoms with Gasteiger partial charge in [-0.3, -0.25) is 9.69 Å². The van der Waals surface area contributed by atoms with Gasteiger partial charge in [0.1, 0.15) is 12.1 Å². The summed E-state index contributed by atoms with van der Waals surface area (Å²) in [6.45, 7) is 0.794. The van der Waals surface area contributed by atoms with E-state index in [1.165, 1.54) is 19.1 Å². The number of nitrogens with two attached hydrogens (primary N) is 1. The Morgan fingerprint density at radius 1 is 1.40 bits per heavy atom. The first kappa shape index (κ1) is 12.9. The van der Waals surface area contributed by atoms with Crippen molar-refractivity contribution in [2.45, 2.75) is 65.0 Å². The topological polar surface area (TPSA) is 74.0 Å². The summed E-state index contributed by atoms with van der Waals surface area (Å²) in [6, 6.07) is -3.50. The number of carbonyl (C=O) groups excluding carboxylic acids is 1. The third kappa shape index (κ3) is 4.75. The van der Waals surface area contributed by atoms with Gasteiger partial charge in [0.2, 0.25) is 0 Å². The van der Waals surface area contributed by atoms with E-state index in [4.69, 9.17) is 30.9 Å². The third-order valence-electron chi connectivity index (χ3n) is 5.47. The minimum Gasteiger partial charge on any atom is -0.493 e. The maximum Gasteiger partial charge on any atom is 0.323 e. The zero-order valence-electron chi connectivity index (χ0n) is 28.2. The molecule has 0 saturated carbocycles. The normalized spacial score (nSPS) is 37.5. The molecule has 0 radical (unpaired) electrons. The summed E-state index contributed by atoms with van der Waals surface area (Å²) >= 11 is 0. The van der Waals surface area contributed by atoms with Crippen molar-refractivity contribution in [3.63, 3.8) is 0 Å². The van der Waals surface area contributed by atoms with Gasteiger partial charge < -0.3 is 19.9 Å². The molecule has 0 bridgehead atoms. The van der Waals surface area contributed by atoms with Crippen molar-refractivity contribution in [3.8, 4) is 11.5 Å². The fraction of sp³-hybridized carbons (Fsp3) is 0.708. The number of esters is 1. The molecule has 6 nitrogen and oxygen atoms in total. The van der Waals surface area contributed by atoms with E-state index >= 15 is 0 Å². The Balaban J connectivity index is 2.27. The lowest BCUT2D eigenvalue weighted by molar-refractivity contribution is -0.160. The number of hydrogen-bond donors (Lipinski definition) is 1. The number of hydrogen-bond acceptors (Lipinski definition) is 6. The molecule has 0 aromatic heterocycles. The van der Waals surface area contributed by atoms with Gasteiger partial charge in [0.05, 0.1) is 19.7 Å². The fourth-order valence-corrected chi connectivity index (χ4v) is 3.74. The average molecular weight is 429 g/mol. The molecule has 2 aliphatic heterocycles. The van der Waals surface area contributed by atoms with E-state index < -0.39 is 68.0 Å². The first-order chi connectivity index (χ1) is 18.1. The molecule has 0 spiro atoms. The molecule has 2 aliphatic rings. The van der Waals surface area contributed by atoms with E-state index in [9.17, 15) is 7.54 Å². The summed E-state index contributed by atoms with van der Waals surface area (Å²) in [6.07, 6.45) is -6.00. The van der Waals surface area contributed by atoms with Gasteiger partial charge >= 0.3 is 5.97 Å². The van der Waals surface area contributed by atoms with Crippen LogP contribution in [-0.4, -0.2) is 50.3 Å². The van der Waals surface area contributed by atoms with Gasteiger partial charge in [0, 0.05) is 39.7 Å². The zero-order valence-corrected chi connectivity index (χ0v) is 18.2. The lowest BCUT2D eigenvalue weighted by atomic mass is 9.79. The molecule has 1 aromatic carbocycles. The summed E-state index contributed by atoms with van der Waals surface area (Å²) < 4.78 is 103. The molecule has 168 valence electrons. The number of rotatable bonds is 7. The molecule has 1 aromatic rings. The van der Waals surface area contributed by atoms with Gasteiger partial charge in [-0.1, -0.05) is 27.6 Å². The third-order valence-corrected chi connectivity index (χ3v) is 5.47. The van der Waals surface area contributed by atoms with Gasteiger partial charge in [0.25, 0.3) is 0 Å².